The van der Waals surface area contributed by atoms with Crippen molar-refractivity contribution in [2.45, 2.75) is 50.3 Å². The van der Waals surface area contributed by atoms with Gasteiger partial charge in [0.1, 0.15) is 10.0 Å². The molecule has 1 aliphatic carbocycles. The highest BCUT2D eigenvalue weighted by atomic mass is 79.9. The number of aromatic nitrogens is 3. The summed E-state index contributed by atoms with van der Waals surface area (Å²) >= 11 is 9.02. The van der Waals surface area contributed by atoms with Gasteiger partial charge in [0, 0.05) is 24.4 Å². The van der Waals surface area contributed by atoms with Crippen LogP contribution in [0.25, 0.3) is 0 Å². The second kappa shape index (κ2) is 7.86. The molecule has 0 aliphatic heterocycles. The first-order valence-corrected chi connectivity index (χ1v) is 10.9. The molecule has 0 bridgehead atoms. The number of sulfonamides is 1. The number of nitrogens with one attached hydrogen (secondary N) is 1. The van der Waals surface area contributed by atoms with Gasteiger partial charge in [-0.1, -0.05) is 11.6 Å². The molecule has 0 spiro atoms. The minimum atomic E-state index is -3.80. The van der Waals surface area contributed by atoms with E-state index in [1.165, 1.54) is 19.2 Å². The Morgan fingerprint density at radius 3 is 2.89 bits per heavy atom. The third-order valence-electron chi connectivity index (χ3n) is 4.27. The summed E-state index contributed by atoms with van der Waals surface area (Å²) in [7, 11) is -3.80. The van der Waals surface area contributed by atoms with Crippen LogP contribution in [0.1, 0.15) is 50.2 Å². The Morgan fingerprint density at radius 1 is 1.48 bits per heavy atom. The average Bonchev–Trinajstić information content (AvgIpc) is 3.01. The molecule has 1 aliphatic rings. The van der Waals surface area contributed by atoms with Crippen LogP contribution in [0, 0.1) is 0 Å². The molecule has 0 fully saturated rings. The number of halogens is 2. The fourth-order valence-corrected chi connectivity index (χ4v) is 4.94. The summed E-state index contributed by atoms with van der Waals surface area (Å²) in [6, 6.07) is 0.986. The lowest BCUT2D eigenvalue weighted by atomic mass is 9.94. The molecule has 2 unspecified atom stereocenters. The van der Waals surface area contributed by atoms with E-state index >= 15 is 0 Å². The molecule has 146 valence electrons. The largest absolute Gasteiger partial charge is 0.440 e. The lowest BCUT2D eigenvalue weighted by Crippen LogP contribution is -2.31. The van der Waals surface area contributed by atoms with Crippen molar-refractivity contribution in [2.75, 3.05) is 0 Å². The van der Waals surface area contributed by atoms with Crippen molar-refractivity contribution in [3.05, 3.63) is 39.3 Å². The van der Waals surface area contributed by atoms with Gasteiger partial charge in [-0.25, -0.2) is 22.8 Å². The van der Waals surface area contributed by atoms with Gasteiger partial charge in [0.25, 0.3) is 0 Å². The summed E-state index contributed by atoms with van der Waals surface area (Å²) in [6.07, 6.45) is 4.43. The molecule has 11 heteroatoms. The standard InChI is InChI=1S/C16H18BrClN4O4S/c1-9(26-10(2)23)22-15-5-3-4-14(12(15)8-20-22)21-27(24,25)11-6-13(17)16(18)19-7-11/h6-9,14,21H,3-5H2,1-2H3. The lowest BCUT2D eigenvalue weighted by Gasteiger charge is -2.25. The molecule has 0 aromatic carbocycles. The fourth-order valence-electron chi connectivity index (χ4n) is 3.11. The molecule has 0 saturated carbocycles. The van der Waals surface area contributed by atoms with E-state index in [4.69, 9.17) is 16.3 Å². The van der Waals surface area contributed by atoms with Gasteiger partial charge in [-0.3, -0.25) is 4.79 Å². The Hall–Kier alpha value is -1.49. The highest BCUT2D eigenvalue weighted by Crippen LogP contribution is 2.33. The quantitative estimate of drug-likeness (QED) is 0.524. The Labute approximate surface area is 170 Å². The van der Waals surface area contributed by atoms with Crippen molar-refractivity contribution in [3.8, 4) is 0 Å². The summed E-state index contributed by atoms with van der Waals surface area (Å²) in [5.74, 6) is -0.402. The van der Waals surface area contributed by atoms with Crippen molar-refractivity contribution in [3.63, 3.8) is 0 Å². The molecule has 1 N–H and O–H groups in total. The van der Waals surface area contributed by atoms with Crippen molar-refractivity contribution in [1.82, 2.24) is 19.5 Å². The highest BCUT2D eigenvalue weighted by molar-refractivity contribution is 9.10. The third-order valence-corrected chi connectivity index (χ3v) is 6.85. The zero-order valence-electron chi connectivity index (χ0n) is 14.6. The van der Waals surface area contributed by atoms with Crippen LogP contribution >= 0.6 is 27.5 Å². The first kappa shape index (κ1) is 20.2. The zero-order chi connectivity index (χ0) is 19.8. The monoisotopic (exact) mass is 476 g/mol. The maximum absolute atomic E-state index is 12.7. The van der Waals surface area contributed by atoms with Gasteiger partial charge in [0.15, 0.2) is 6.23 Å². The summed E-state index contributed by atoms with van der Waals surface area (Å²) in [6.45, 7) is 3.06. The number of fused-ring (bicyclic) bond motifs is 1. The van der Waals surface area contributed by atoms with Gasteiger partial charge in [-0.2, -0.15) is 5.10 Å². The van der Waals surface area contributed by atoms with E-state index in [-0.39, 0.29) is 10.0 Å². The second-order valence-electron chi connectivity index (χ2n) is 6.21. The van der Waals surface area contributed by atoms with Crippen LogP contribution in [0.3, 0.4) is 0 Å². The van der Waals surface area contributed by atoms with Crippen LogP contribution in [-0.2, 0) is 26.0 Å². The molecule has 0 radical (unpaired) electrons. The van der Waals surface area contributed by atoms with E-state index in [1.54, 1.807) is 17.8 Å². The van der Waals surface area contributed by atoms with Crippen LogP contribution < -0.4 is 4.72 Å². The molecule has 8 nitrogen and oxygen atoms in total. The smallest absolute Gasteiger partial charge is 0.304 e. The predicted octanol–water partition coefficient (Wildman–Crippen LogP) is 3.13. The van der Waals surface area contributed by atoms with Gasteiger partial charge in [0.2, 0.25) is 10.0 Å². The molecule has 0 saturated heterocycles. The zero-order valence-corrected chi connectivity index (χ0v) is 17.8. The number of esters is 1. The first-order valence-electron chi connectivity index (χ1n) is 8.26. The summed E-state index contributed by atoms with van der Waals surface area (Å²) in [5.41, 5.74) is 1.64. The van der Waals surface area contributed by atoms with Gasteiger partial charge in [-0.15, -0.1) is 0 Å². The first-order chi connectivity index (χ1) is 12.7. The topological polar surface area (TPSA) is 103 Å². The van der Waals surface area contributed by atoms with Crippen molar-refractivity contribution < 1.29 is 17.9 Å². The minimum Gasteiger partial charge on any atom is -0.440 e. The molecule has 0 amide bonds. The van der Waals surface area contributed by atoms with Crippen molar-refractivity contribution >= 4 is 43.5 Å². The number of nitrogens with zero attached hydrogens (tertiary/aromatic N) is 3. The molecule has 2 atom stereocenters. The van der Waals surface area contributed by atoms with E-state index in [9.17, 15) is 13.2 Å². The van der Waals surface area contributed by atoms with Gasteiger partial charge >= 0.3 is 5.97 Å². The molecule has 2 aromatic rings. The Morgan fingerprint density at radius 2 is 2.22 bits per heavy atom. The second-order valence-corrected chi connectivity index (χ2v) is 9.14. The Bertz CT molecular complexity index is 979. The number of hydrogen-bond donors (Lipinski definition) is 1. The molecule has 27 heavy (non-hydrogen) atoms. The minimum absolute atomic E-state index is 0.0200. The molecular weight excluding hydrogens is 460 g/mol. The molecule has 3 rings (SSSR count). The van der Waals surface area contributed by atoms with Gasteiger partial charge in [-0.05, 0) is 48.2 Å². The molecule has 2 heterocycles. The number of carbonyl (C=O) groups excluding carboxylic acids is 1. The summed E-state index contributed by atoms with van der Waals surface area (Å²) in [4.78, 5) is 15.1. The van der Waals surface area contributed by atoms with E-state index in [0.717, 1.165) is 24.1 Å². The van der Waals surface area contributed by atoms with Gasteiger partial charge in [0.05, 0.1) is 16.7 Å². The van der Waals surface area contributed by atoms with Crippen LogP contribution in [0.4, 0.5) is 0 Å². The van der Waals surface area contributed by atoms with Gasteiger partial charge < -0.3 is 4.74 Å². The van der Waals surface area contributed by atoms with Crippen LogP contribution in [0.15, 0.2) is 27.8 Å². The average molecular weight is 478 g/mol. The number of pyridine rings is 1. The van der Waals surface area contributed by atoms with E-state index < -0.39 is 28.3 Å². The molecular formula is C16H18BrClN4O4S. The fraction of sp³-hybridized carbons (Fsp3) is 0.438. The Balaban J connectivity index is 1.87. The summed E-state index contributed by atoms with van der Waals surface area (Å²) in [5, 5.41) is 4.49. The van der Waals surface area contributed by atoms with Crippen LogP contribution in [0.2, 0.25) is 5.15 Å². The number of carbonyl (C=O) groups is 1. The Kier molecular flexibility index (Phi) is 5.90. The van der Waals surface area contributed by atoms with Crippen molar-refractivity contribution in [1.29, 1.82) is 0 Å². The SMILES string of the molecule is CC(=O)OC(C)n1ncc2c1CCCC2NS(=O)(=O)c1cnc(Cl)c(Br)c1. The van der Waals surface area contributed by atoms with Crippen LogP contribution in [-0.4, -0.2) is 29.2 Å². The number of rotatable bonds is 5. The third kappa shape index (κ3) is 4.34. The van der Waals surface area contributed by atoms with E-state index in [2.05, 4.69) is 30.7 Å². The van der Waals surface area contributed by atoms with E-state index in [1.807, 2.05) is 0 Å². The molecule has 2 aromatic heterocycles. The van der Waals surface area contributed by atoms with Crippen molar-refractivity contribution in [2.24, 2.45) is 0 Å². The normalized spacial score (nSPS) is 18.0. The lowest BCUT2D eigenvalue weighted by molar-refractivity contribution is -0.150. The predicted molar refractivity (Wildman–Crippen MR) is 102 cm³/mol. The summed E-state index contributed by atoms with van der Waals surface area (Å²) < 4.78 is 35.4. The maximum atomic E-state index is 12.7. The highest BCUT2D eigenvalue weighted by Gasteiger charge is 2.30. The number of ether oxygens (including phenoxy) is 1. The van der Waals surface area contributed by atoms with E-state index in [0.29, 0.717) is 10.9 Å². The van der Waals surface area contributed by atoms with Crippen LogP contribution in [0.5, 0.6) is 0 Å². The maximum Gasteiger partial charge on any atom is 0.304 e. The number of hydrogen-bond acceptors (Lipinski definition) is 6.